The smallest absolute Gasteiger partial charge is 0.322 e. The second-order valence-electron chi connectivity index (χ2n) is 9.05. The fourth-order valence-corrected chi connectivity index (χ4v) is 4.39. The Morgan fingerprint density at radius 2 is 1.66 bits per heavy atom. The van der Waals surface area contributed by atoms with Gasteiger partial charge in [0.25, 0.3) is 0 Å². The molecule has 0 bridgehead atoms. The largest absolute Gasteiger partial charge is 0.332 e. The lowest BCUT2D eigenvalue weighted by atomic mass is 10.0. The molecule has 3 aromatic rings. The summed E-state index contributed by atoms with van der Waals surface area (Å²) in [6, 6.07) is 17.5. The molecule has 5 nitrogen and oxygen atoms in total. The van der Waals surface area contributed by atoms with E-state index >= 15 is 0 Å². The molecule has 0 aliphatic rings. The second kappa shape index (κ2) is 12.5. The third kappa shape index (κ3) is 7.65. The lowest BCUT2D eigenvalue weighted by Crippen LogP contribution is -2.47. The first kappa shape index (κ1) is 26.4. The predicted octanol–water partition coefficient (Wildman–Crippen LogP) is 6.87. The number of hydrogen-bond donors (Lipinski definition) is 1. The molecule has 1 aromatic heterocycles. The summed E-state index contributed by atoms with van der Waals surface area (Å²) in [5, 5.41) is 4.92. The van der Waals surface area contributed by atoms with Gasteiger partial charge in [0.15, 0.2) is 0 Å². The summed E-state index contributed by atoms with van der Waals surface area (Å²) in [4.78, 5) is 31.0. The first-order valence-electron chi connectivity index (χ1n) is 12.0. The second-order valence-corrected chi connectivity index (χ2v) is 10.1. The number of anilines is 1. The van der Waals surface area contributed by atoms with Crippen LogP contribution in [0, 0.1) is 5.82 Å². The molecule has 1 N–H and O–H groups in total. The van der Waals surface area contributed by atoms with E-state index in [1.807, 2.05) is 55.6 Å². The van der Waals surface area contributed by atoms with Crippen LogP contribution in [0.3, 0.4) is 0 Å². The molecule has 0 saturated carbocycles. The molecule has 7 heteroatoms. The molecule has 3 amide bonds. The number of carbonyl (C=O) groups is 2. The maximum Gasteiger partial charge on any atom is 0.322 e. The lowest BCUT2D eigenvalue weighted by Gasteiger charge is -2.31. The molecule has 0 aliphatic carbocycles. The number of benzene rings is 2. The summed E-state index contributed by atoms with van der Waals surface area (Å²) in [6.45, 7) is 8.91. The van der Waals surface area contributed by atoms with Gasteiger partial charge in [-0.1, -0.05) is 51.1 Å². The van der Waals surface area contributed by atoms with Crippen molar-refractivity contribution < 1.29 is 14.0 Å². The Morgan fingerprint density at radius 3 is 2.23 bits per heavy atom. The summed E-state index contributed by atoms with van der Waals surface area (Å²) in [5.41, 5.74) is 2.73. The standard InChI is InChI=1S/C28H34FN3O2S/c1-5-21(4)32(28(34)30-25-14-10-23(11-15-25)20(2)3)19-27(33)31(18-26-7-6-16-35-26)17-22-8-12-24(29)13-9-22/h6-16,20-21H,5,17-19H2,1-4H3,(H,30,34). The molecule has 0 fully saturated rings. The molecule has 1 unspecified atom stereocenters. The van der Waals surface area contributed by atoms with E-state index in [1.54, 1.807) is 33.3 Å². The van der Waals surface area contributed by atoms with Crippen LogP contribution in [0.4, 0.5) is 14.9 Å². The number of halogens is 1. The minimum atomic E-state index is -0.314. The van der Waals surface area contributed by atoms with Crippen molar-refractivity contribution in [3.63, 3.8) is 0 Å². The highest BCUT2D eigenvalue weighted by Gasteiger charge is 2.25. The van der Waals surface area contributed by atoms with Gasteiger partial charge in [-0.3, -0.25) is 4.79 Å². The van der Waals surface area contributed by atoms with Crippen LogP contribution in [-0.2, 0) is 17.9 Å². The summed E-state index contributed by atoms with van der Waals surface area (Å²) < 4.78 is 13.4. The fraction of sp³-hybridized carbons (Fsp3) is 0.357. The van der Waals surface area contributed by atoms with Crippen molar-refractivity contribution in [3.8, 4) is 0 Å². The van der Waals surface area contributed by atoms with Gasteiger partial charge < -0.3 is 15.1 Å². The molecule has 186 valence electrons. The summed E-state index contributed by atoms with van der Waals surface area (Å²) in [6.07, 6.45) is 0.718. The van der Waals surface area contributed by atoms with Gasteiger partial charge in [-0.25, -0.2) is 9.18 Å². The number of amides is 3. The van der Waals surface area contributed by atoms with Crippen molar-refractivity contribution in [2.45, 2.75) is 59.2 Å². The van der Waals surface area contributed by atoms with Crippen LogP contribution in [0.1, 0.15) is 56.0 Å². The highest BCUT2D eigenvalue weighted by Crippen LogP contribution is 2.19. The first-order chi connectivity index (χ1) is 16.8. The number of nitrogens with zero attached hydrogens (tertiary/aromatic N) is 2. The van der Waals surface area contributed by atoms with E-state index < -0.39 is 0 Å². The maximum absolute atomic E-state index is 13.5. The Bertz CT molecular complexity index is 1080. The van der Waals surface area contributed by atoms with Crippen molar-refractivity contribution in [1.29, 1.82) is 0 Å². The van der Waals surface area contributed by atoms with Gasteiger partial charge in [0.2, 0.25) is 5.91 Å². The number of thiophene rings is 1. The molecule has 1 atom stereocenters. The zero-order valence-electron chi connectivity index (χ0n) is 20.8. The van der Waals surface area contributed by atoms with E-state index in [-0.39, 0.29) is 30.3 Å². The van der Waals surface area contributed by atoms with Crippen LogP contribution in [0.2, 0.25) is 0 Å². The van der Waals surface area contributed by atoms with Crippen LogP contribution in [0.5, 0.6) is 0 Å². The van der Waals surface area contributed by atoms with Gasteiger partial charge in [-0.05, 0) is 66.1 Å². The van der Waals surface area contributed by atoms with Crippen LogP contribution >= 0.6 is 11.3 Å². The van der Waals surface area contributed by atoms with Gasteiger partial charge >= 0.3 is 6.03 Å². The molecule has 0 spiro atoms. The summed E-state index contributed by atoms with van der Waals surface area (Å²) >= 11 is 1.58. The molecule has 2 aromatic carbocycles. The Labute approximate surface area is 211 Å². The fourth-order valence-electron chi connectivity index (χ4n) is 3.67. The van der Waals surface area contributed by atoms with Gasteiger partial charge in [0.1, 0.15) is 12.4 Å². The van der Waals surface area contributed by atoms with E-state index in [0.29, 0.717) is 24.7 Å². The zero-order valence-corrected chi connectivity index (χ0v) is 21.6. The molecular formula is C28H34FN3O2S. The molecule has 0 radical (unpaired) electrons. The van der Waals surface area contributed by atoms with Crippen LogP contribution in [0.25, 0.3) is 0 Å². The maximum atomic E-state index is 13.5. The Kier molecular flexibility index (Phi) is 9.43. The minimum absolute atomic E-state index is 0.0442. The van der Waals surface area contributed by atoms with E-state index in [4.69, 9.17) is 0 Å². The third-order valence-electron chi connectivity index (χ3n) is 6.08. The monoisotopic (exact) mass is 495 g/mol. The van der Waals surface area contributed by atoms with Gasteiger partial charge in [0, 0.05) is 23.2 Å². The van der Waals surface area contributed by atoms with Crippen molar-refractivity contribution in [2.24, 2.45) is 0 Å². The molecular weight excluding hydrogens is 461 g/mol. The molecule has 0 saturated heterocycles. The van der Waals surface area contributed by atoms with Gasteiger partial charge in [0.05, 0.1) is 6.54 Å². The van der Waals surface area contributed by atoms with E-state index in [9.17, 15) is 14.0 Å². The van der Waals surface area contributed by atoms with Crippen LogP contribution in [0.15, 0.2) is 66.0 Å². The Balaban J connectivity index is 1.75. The number of carbonyl (C=O) groups excluding carboxylic acids is 2. The third-order valence-corrected chi connectivity index (χ3v) is 6.95. The molecule has 0 aliphatic heterocycles. The lowest BCUT2D eigenvalue weighted by molar-refractivity contribution is -0.133. The topological polar surface area (TPSA) is 52.7 Å². The molecule has 1 heterocycles. The number of hydrogen-bond acceptors (Lipinski definition) is 3. The highest BCUT2D eigenvalue weighted by atomic mass is 32.1. The Hall–Kier alpha value is -3.19. The van der Waals surface area contributed by atoms with E-state index in [0.717, 1.165) is 16.9 Å². The SMILES string of the molecule is CCC(C)N(CC(=O)N(Cc1ccc(F)cc1)Cc1cccs1)C(=O)Nc1ccc(C(C)C)cc1. The van der Waals surface area contributed by atoms with E-state index in [2.05, 4.69) is 19.2 Å². The number of nitrogens with one attached hydrogen (secondary N) is 1. The zero-order chi connectivity index (χ0) is 25.4. The van der Waals surface area contributed by atoms with Crippen molar-refractivity contribution in [2.75, 3.05) is 11.9 Å². The van der Waals surface area contributed by atoms with Gasteiger partial charge in [-0.2, -0.15) is 0 Å². The highest BCUT2D eigenvalue weighted by molar-refractivity contribution is 7.09. The number of rotatable bonds is 10. The van der Waals surface area contributed by atoms with Crippen molar-refractivity contribution in [1.82, 2.24) is 9.80 Å². The quantitative estimate of drug-likeness (QED) is 0.334. The first-order valence-corrected chi connectivity index (χ1v) is 12.9. The van der Waals surface area contributed by atoms with Crippen LogP contribution < -0.4 is 5.32 Å². The van der Waals surface area contributed by atoms with Crippen LogP contribution in [-0.4, -0.2) is 34.3 Å². The average molecular weight is 496 g/mol. The van der Waals surface area contributed by atoms with Gasteiger partial charge in [-0.15, -0.1) is 11.3 Å². The van der Waals surface area contributed by atoms with E-state index in [1.165, 1.54) is 17.7 Å². The number of urea groups is 1. The van der Waals surface area contributed by atoms with Crippen molar-refractivity contribution >= 4 is 29.0 Å². The molecule has 35 heavy (non-hydrogen) atoms. The molecule has 3 rings (SSSR count). The normalized spacial score (nSPS) is 11.8. The summed E-state index contributed by atoms with van der Waals surface area (Å²) in [5.74, 6) is -0.0660. The average Bonchev–Trinajstić information content (AvgIpc) is 3.36. The Morgan fingerprint density at radius 1 is 0.971 bits per heavy atom. The predicted molar refractivity (Wildman–Crippen MR) is 141 cm³/mol. The van der Waals surface area contributed by atoms with Crippen molar-refractivity contribution in [3.05, 3.63) is 87.9 Å². The summed E-state index contributed by atoms with van der Waals surface area (Å²) in [7, 11) is 0. The minimum Gasteiger partial charge on any atom is -0.332 e.